The van der Waals surface area contributed by atoms with Gasteiger partial charge in [0.2, 0.25) is 0 Å². The van der Waals surface area contributed by atoms with Crippen LogP contribution in [0.5, 0.6) is 5.75 Å². The van der Waals surface area contributed by atoms with E-state index in [0.29, 0.717) is 0 Å². The fourth-order valence-corrected chi connectivity index (χ4v) is 2.02. The largest absolute Gasteiger partial charge is 0.494 e. The lowest BCUT2D eigenvalue weighted by molar-refractivity contribution is 0.308. The topological polar surface area (TPSA) is 21.3 Å². The highest BCUT2D eigenvalue weighted by atomic mass is 16.5. The fourth-order valence-electron chi connectivity index (χ4n) is 2.02. The van der Waals surface area contributed by atoms with Crippen molar-refractivity contribution in [3.8, 4) is 5.75 Å². The number of rotatable bonds is 8. The molecule has 2 rings (SSSR count). The van der Waals surface area contributed by atoms with Crippen LogP contribution in [0.1, 0.15) is 25.3 Å². The van der Waals surface area contributed by atoms with Crippen molar-refractivity contribution in [3.05, 3.63) is 60.2 Å². The van der Waals surface area contributed by atoms with Crippen LogP contribution in [-0.4, -0.2) is 13.2 Å². The van der Waals surface area contributed by atoms with Gasteiger partial charge in [0, 0.05) is 12.2 Å². The molecular weight excluding hydrogens is 246 g/mol. The molecule has 2 aromatic carbocycles. The molecule has 0 fully saturated rings. The van der Waals surface area contributed by atoms with E-state index in [9.17, 15) is 0 Å². The lowest BCUT2D eigenvalue weighted by atomic mass is 10.1. The SMILES string of the molecule is CCc1ccc(NCCCCOc2ccccc2)cc1. The van der Waals surface area contributed by atoms with Crippen LogP contribution in [0, 0.1) is 0 Å². The Kier molecular flexibility index (Phi) is 5.97. The van der Waals surface area contributed by atoms with Gasteiger partial charge in [0.1, 0.15) is 5.75 Å². The second-order valence-electron chi connectivity index (χ2n) is 4.85. The van der Waals surface area contributed by atoms with Crippen LogP contribution in [-0.2, 0) is 6.42 Å². The van der Waals surface area contributed by atoms with E-state index in [0.717, 1.165) is 38.2 Å². The lowest BCUT2D eigenvalue weighted by Gasteiger charge is -2.08. The number of hydrogen-bond acceptors (Lipinski definition) is 2. The molecule has 0 aliphatic rings. The second kappa shape index (κ2) is 8.26. The zero-order valence-electron chi connectivity index (χ0n) is 12.1. The summed E-state index contributed by atoms with van der Waals surface area (Å²) in [5.41, 5.74) is 2.58. The first-order chi connectivity index (χ1) is 9.88. The van der Waals surface area contributed by atoms with E-state index in [1.807, 2.05) is 30.3 Å². The molecule has 0 aromatic heterocycles. The monoisotopic (exact) mass is 269 g/mol. The molecule has 0 aliphatic carbocycles. The Morgan fingerprint density at radius 3 is 2.35 bits per heavy atom. The molecule has 2 heteroatoms. The van der Waals surface area contributed by atoms with Crippen LogP contribution in [0.2, 0.25) is 0 Å². The molecule has 0 saturated carbocycles. The number of benzene rings is 2. The summed E-state index contributed by atoms with van der Waals surface area (Å²) in [6.45, 7) is 3.94. The summed E-state index contributed by atoms with van der Waals surface area (Å²) in [6.07, 6.45) is 3.27. The van der Waals surface area contributed by atoms with Crippen molar-refractivity contribution in [1.82, 2.24) is 0 Å². The Morgan fingerprint density at radius 2 is 1.65 bits per heavy atom. The molecule has 0 unspecified atom stereocenters. The van der Waals surface area contributed by atoms with Crippen molar-refractivity contribution in [3.63, 3.8) is 0 Å². The average molecular weight is 269 g/mol. The van der Waals surface area contributed by atoms with Crippen molar-refractivity contribution in [1.29, 1.82) is 0 Å². The molecule has 0 amide bonds. The third kappa shape index (κ3) is 4.96. The summed E-state index contributed by atoms with van der Waals surface area (Å²) in [5, 5.41) is 3.44. The number of ether oxygens (including phenoxy) is 1. The van der Waals surface area contributed by atoms with Crippen LogP contribution >= 0.6 is 0 Å². The Morgan fingerprint density at radius 1 is 0.900 bits per heavy atom. The molecule has 0 radical (unpaired) electrons. The van der Waals surface area contributed by atoms with Crippen LogP contribution in [0.4, 0.5) is 5.69 Å². The van der Waals surface area contributed by atoms with Crippen molar-refractivity contribution >= 4 is 5.69 Å². The van der Waals surface area contributed by atoms with Gasteiger partial charge < -0.3 is 10.1 Å². The maximum atomic E-state index is 5.66. The zero-order valence-corrected chi connectivity index (χ0v) is 12.1. The lowest BCUT2D eigenvalue weighted by Crippen LogP contribution is -2.04. The summed E-state index contributed by atoms with van der Waals surface area (Å²) in [6, 6.07) is 18.6. The number of nitrogens with one attached hydrogen (secondary N) is 1. The molecule has 1 N–H and O–H groups in total. The van der Waals surface area contributed by atoms with Gasteiger partial charge in [-0.15, -0.1) is 0 Å². The van der Waals surface area contributed by atoms with Crippen molar-refractivity contribution in [2.45, 2.75) is 26.2 Å². The van der Waals surface area contributed by atoms with Gasteiger partial charge >= 0.3 is 0 Å². The smallest absolute Gasteiger partial charge is 0.119 e. The van der Waals surface area contributed by atoms with Crippen molar-refractivity contribution in [2.24, 2.45) is 0 Å². The number of unbranched alkanes of at least 4 members (excludes halogenated alkanes) is 1. The maximum Gasteiger partial charge on any atom is 0.119 e. The normalized spacial score (nSPS) is 10.2. The fraction of sp³-hybridized carbons (Fsp3) is 0.333. The predicted octanol–water partition coefficient (Wildman–Crippen LogP) is 4.52. The Hall–Kier alpha value is -1.96. The van der Waals surface area contributed by atoms with Crippen LogP contribution in [0.3, 0.4) is 0 Å². The maximum absolute atomic E-state index is 5.66. The third-order valence-electron chi connectivity index (χ3n) is 3.27. The highest BCUT2D eigenvalue weighted by Crippen LogP contribution is 2.11. The average Bonchev–Trinajstić information content (AvgIpc) is 2.52. The first-order valence-electron chi connectivity index (χ1n) is 7.39. The highest BCUT2D eigenvalue weighted by Gasteiger charge is 1.94. The first-order valence-corrected chi connectivity index (χ1v) is 7.39. The molecule has 0 spiro atoms. The number of anilines is 1. The summed E-state index contributed by atoms with van der Waals surface area (Å²) < 4.78 is 5.66. The molecule has 0 saturated heterocycles. The van der Waals surface area contributed by atoms with Crippen molar-refractivity contribution < 1.29 is 4.74 Å². The molecule has 106 valence electrons. The second-order valence-corrected chi connectivity index (χ2v) is 4.85. The van der Waals surface area contributed by atoms with Crippen LogP contribution < -0.4 is 10.1 Å². The minimum Gasteiger partial charge on any atom is -0.494 e. The molecular formula is C18H23NO. The molecule has 0 atom stereocenters. The van der Waals surface area contributed by atoms with Gasteiger partial charge in [-0.3, -0.25) is 0 Å². The summed E-state index contributed by atoms with van der Waals surface area (Å²) in [4.78, 5) is 0. The first kappa shape index (κ1) is 14.4. The summed E-state index contributed by atoms with van der Waals surface area (Å²) in [7, 11) is 0. The number of aryl methyl sites for hydroxylation is 1. The van der Waals surface area contributed by atoms with Gasteiger partial charge in [-0.2, -0.15) is 0 Å². The van der Waals surface area contributed by atoms with Gasteiger partial charge in [0.25, 0.3) is 0 Å². The Bertz CT molecular complexity index is 479. The summed E-state index contributed by atoms with van der Waals surface area (Å²) in [5.74, 6) is 0.954. The van der Waals surface area contributed by atoms with E-state index in [4.69, 9.17) is 4.74 Å². The predicted molar refractivity (Wildman–Crippen MR) is 85.5 cm³/mol. The van der Waals surface area contributed by atoms with E-state index >= 15 is 0 Å². The van der Waals surface area contributed by atoms with Crippen molar-refractivity contribution in [2.75, 3.05) is 18.5 Å². The van der Waals surface area contributed by atoms with E-state index in [-0.39, 0.29) is 0 Å². The Balaban J connectivity index is 1.57. The molecule has 0 bridgehead atoms. The highest BCUT2D eigenvalue weighted by molar-refractivity contribution is 5.44. The molecule has 0 aliphatic heterocycles. The minimum atomic E-state index is 0.778. The van der Waals surface area contributed by atoms with E-state index in [1.54, 1.807) is 0 Å². The number of hydrogen-bond donors (Lipinski definition) is 1. The number of para-hydroxylation sites is 1. The van der Waals surface area contributed by atoms with E-state index < -0.39 is 0 Å². The third-order valence-corrected chi connectivity index (χ3v) is 3.27. The van der Waals surface area contributed by atoms with Gasteiger partial charge in [0.15, 0.2) is 0 Å². The van der Waals surface area contributed by atoms with Gasteiger partial charge in [-0.25, -0.2) is 0 Å². The Labute approximate surface area is 121 Å². The van der Waals surface area contributed by atoms with E-state index in [2.05, 4.69) is 36.5 Å². The molecule has 2 aromatic rings. The molecule has 2 nitrogen and oxygen atoms in total. The summed E-state index contributed by atoms with van der Waals surface area (Å²) >= 11 is 0. The molecule has 0 heterocycles. The standard InChI is InChI=1S/C18H23NO/c1-2-16-10-12-17(13-11-16)19-14-6-7-15-20-18-8-4-3-5-9-18/h3-5,8-13,19H,2,6-7,14-15H2,1H3. The quantitative estimate of drug-likeness (QED) is 0.711. The van der Waals surface area contributed by atoms with Gasteiger partial charge in [-0.05, 0) is 49.1 Å². The van der Waals surface area contributed by atoms with Crippen LogP contribution in [0.25, 0.3) is 0 Å². The van der Waals surface area contributed by atoms with Gasteiger partial charge in [0.05, 0.1) is 6.61 Å². The van der Waals surface area contributed by atoms with Gasteiger partial charge in [-0.1, -0.05) is 37.3 Å². The minimum absolute atomic E-state index is 0.778. The zero-order chi connectivity index (χ0) is 14.0. The van der Waals surface area contributed by atoms with Crippen LogP contribution in [0.15, 0.2) is 54.6 Å². The van der Waals surface area contributed by atoms with E-state index in [1.165, 1.54) is 11.3 Å². The molecule has 20 heavy (non-hydrogen) atoms.